The number of allylic oxidation sites excluding steroid dienone is 2. The van der Waals surface area contributed by atoms with Crippen LogP contribution < -0.4 is 0 Å². The fraction of sp³-hybridized carbons (Fsp3) is 0.852. The second kappa shape index (κ2) is 24.7. The molecule has 0 aromatic heterocycles. The molecule has 0 spiro atoms. The lowest BCUT2D eigenvalue weighted by Gasteiger charge is -2.20. The zero-order chi connectivity index (χ0) is 28.5. The van der Waals surface area contributed by atoms with Gasteiger partial charge < -0.3 is 24.6 Å². The summed E-state index contributed by atoms with van der Waals surface area (Å²) in [5.41, 5.74) is 0. The highest BCUT2D eigenvalue weighted by Gasteiger charge is 2.27. The molecule has 0 amide bonds. The third-order valence-electron chi connectivity index (χ3n) is 5.73. The van der Waals surface area contributed by atoms with E-state index in [0.29, 0.717) is 12.8 Å². The molecule has 0 aromatic rings. The van der Waals surface area contributed by atoms with Gasteiger partial charge in [0.15, 0.2) is 0 Å². The number of rotatable bonds is 26. The van der Waals surface area contributed by atoms with Gasteiger partial charge in [-0.3, -0.25) is 18.6 Å². The predicted molar refractivity (Wildman–Crippen MR) is 145 cm³/mol. The molecule has 3 unspecified atom stereocenters. The lowest BCUT2D eigenvalue weighted by molar-refractivity contribution is -0.153. The van der Waals surface area contributed by atoms with Crippen molar-refractivity contribution in [2.75, 3.05) is 26.4 Å². The van der Waals surface area contributed by atoms with Crippen LogP contribution in [0.15, 0.2) is 12.2 Å². The zero-order valence-electron chi connectivity index (χ0n) is 23.4. The largest absolute Gasteiger partial charge is 0.472 e. The first-order valence-corrected chi connectivity index (χ1v) is 15.6. The Kier molecular flexibility index (Phi) is 23.9. The summed E-state index contributed by atoms with van der Waals surface area (Å²) in [4.78, 5) is 33.6. The number of hydrogen-bond acceptors (Lipinski definition) is 9. The lowest BCUT2D eigenvalue weighted by Crippen LogP contribution is -2.28. The van der Waals surface area contributed by atoms with Gasteiger partial charge in [0, 0.05) is 12.8 Å². The highest BCUT2D eigenvalue weighted by molar-refractivity contribution is 7.47. The van der Waals surface area contributed by atoms with Crippen molar-refractivity contribution in [1.82, 2.24) is 0 Å². The Balaban J connectivity index is 4.07. The van der Waals surface area contributed by atoms with Crippen LogP contribution >= 0.6 is 7.82 Å². The van der Waals surface area contributed by atoms with Crippen molar-refractivity contribution in [2.45, 2.75) is 122 Å². The van der Waals surface area contributed by atoms with Crippen LogP contribution in [0.1, 0.15) is 110 Å². The summed E-state index contributed by atoms with van der Waals surface area (Å²) in [5, 5.41) is 18.7. The second-order valence-corrected chi connectivity index (χ2v) is 10.8. The Labute approximate surface area is 228 Å². The molecule has 10 nitrogen and oxygen atoms in total. The second-order valence-electron chi connectivity index (χ2n) is 9.38. The normalized spacial score (nSPS) is 14.8. The number of aliphatic hydroxyl groups is 2. The molecule has 0 fully saturated rings. The average molecular weight is 567 g/mol. The summed E-state index contributed by atoms with van der Waals surface area (Å²) in [7, 11) is -4.60. The molecule has 0 aliphatic rings. The smallest absolute Gasteiger partial charge is 0.457 e. The van der Waals surface area contributed by atoms with Gasteiger partial charge in [-0.1, -0.05) is 70.9 Å². The molecule has 0 rings (SSSR count). The first kappa shape index (κ1) is 36.7. The fourth-order valence-corrected chi connectivity index (χ4v) is 4.24. The summed E-state index contributed by atoms with van der Waals surface area (Å²) < 4.78 is 31.8. The van der Waals surface area contributed by atoms with Crippen LogP contribution in [0.2, 0.25) is 0 Å². The van der Waals surface area contributed by atoms with Crippen LogP contribution in [-0.2, 0) is 32.7 Å². The van der Waals surface area contributed by atoms with Gasteiger partial charge in [-0.05, 0) is 38.5 Å². The van der Waals surface area contributed by atoms with E-state index in [1.807, 2.05) is 6.92 Å². The van der Waals surface area contributed by atoms with Crippen LogP contribution in [0.4, 0.5) is 0 Å². The van der Waals surface area contributed by atoms with Gasteiger partial charge in [0.25, 0.3) is 0 Å². The molecule has 0 saturated carbocycles. The van der Waals surface area contributed by atoms with Gasteiger partial charge in [-0.2, -0.15) is 0 Å². The molecule has 0 aliphatic heterocycles. The molecule has 0 aromatic carbocycles. The van der Waals surface area contributed by atoms with Crippen LogP contribution in [0, 0.1) is 0 Å². The number of phosphoric ester groups is 1. The number of carbonyl (C=O) groups is 2. The molecule has 224 valence electrons. The summed E-state index contributed by atoms with van der Waals surface area (Å²) in [6, 6.07) is 0. The third-order valence-corrected chi connectivity index (χ3v) is 6.68. The van der Waals surface area contributed by atoms with E-state index in [4.69, 9.17) is 18.5 Å². The van der Waals surface area contributed by atoms with Crippen molar-refractivity contribution in [3.05, 3.63) is 12.2 Å². The summed E-state index contributed by atoms with van der Waals surface area (Å²) in [6.07, 6.45) is 15.9. The maximum atomic E-state index is 12.1. The molecule has 0 heterocycles. The lowest BCUT2D eigenvalue weighted by atomic mass is 10.1. The predicted octanol–water partition coefficient (Wildman–Crippen LogP) is 5.38. The van der Waals surface area contributed by atoms with Gasteiger partial charge in [0.05, 0.1) is 26.4 Å². The minimum atomic E-state index is -4.60. The fourth-order valence-electron chi connectivity index (χ4n) is 3.46. The first-order chi connectivity index (χ1) is 18.3. The molecule has 38 heavy (non-hydrogen) atoms. The van der Waals surface area contributed by atoms with E-state index in [-0.39, 0.29) is 12.8 Å². The Morgan fingerprint density at radius 1 is 0.684 bits per heavy atom. The molecule has 3 atom stereocenters. The standard InChI is InChI=1S/C27H51O10P/c1-3-5-7-8-9-10-11-12-13-14-15-17-19-27(31)37-25(21-29)23-35-38(32,33)34-22-24(20-28)36-26(30)18-16-6-4-2/h9-10,24-25,28-29H,3-8,11-23H2,1-2H3,(H,32,33)/b10-9-. The minimum absolute atomic E-state index is 0.179. The molecule has 0 bridgehead atoms. The average Bonchev–Trinajstić information content (AvgIpc) is 2.89. The summed E-state index contributed by atoms with van der Waals surface area (Å²) in [6.45, 7) is 1.91. The molecule has 0 radical (unpaired) electrons. The van der Waals surface area contributed by atoms with Gasteiger partial charge in [0.2, 0.25) is 0 Å². The number of ether oxygens (including phenoxy) is 2. The van der Waals surface area contributed by atoms with E-state index < -0.39 is 58.4 Å². The molecular formula is C27H51O10P. The topological polar surface area (TPSA) is 149 Å². The van der Waals surface area contributed by atoms with Crippen LogP contribution in [0.3, 0.4) is 0 Å². The van der Waals surface area contributed by atoms with Crippen molar-refractivity contribution in [3.63, 3.8) is 0 Å². The Hall–Kier alpha value is -1.29. The van der Waals surface area contributed by atoms with Crippen molar-refractivity contribution < 1.29 is 47.8 Å². The van der Waals surface area contributed by atoms with Gasteiger partial charge in [0.1, 0.15) is 12.2 Å². The Bertz CT molecular complexity index is 670. The summed E-state index contributed by atoms with van der Waals surface area (Å²) >= 11 is 0. The van der Waals surface area contributed by atoms with E-state index in [1.54, 1.807) is 0 Å². The molecule has 3 N–H and O–H groups in total. The third kappa shape index (κ3) is 22.7. The van der Waals surface area contributed by atoms with Crippen molar-refractivity contribution in [3.8, 4) is 0 Å². The van der Waals surface area contributed by atoms with Crippen LogP contribution in [-0.4, -0.2) is 65.7 Å². The molecule has 0 saturated heterocycles. The molecular weight excluding hydrogens is 515 g/mol. The van der Waals surface area contributed by atoms with E-state index in [0.717, 1.165) is 51.4 Å². The van der Waals surface area contributed by atoms with Crippen molar-refractivity contribution >= 4 is 19.8 Å². The zero-order valence-corrected chi connectivity index (χ0v) is 24.3. The molecule has 0 aliphatic carbocycles. The number of esters is 2. The number of unbranched alkanes of at least 4 members (excludes halogenated alkanes) is 10. The number of carbonyl (C=O) groups excluding carboxylic acids is 2. The number of hydrogen-bond donors (Lipinski definition) is 3. The van der Waals surface area contributed by atoms with Crippen LogP contribution in [0.25, 0.3) is 0 Å². The number of aliphatic hydroxyl groups excluding tert-OH is 2. The van der Waals surface area contributed by atoms with Gasteiger partial charge in [-0.15, -0.1) is 0 Å². The maximum absolute atomic E-state index is 12.1. The maximum Gasteiger partial charge on any atom is 0.472 e. The highest BCUT2D eigenvalue weighted by atomic mass is 31.2. The van der Waals surface area contributed by atoms with Crippen LogP contribution in [0.5, 0.6) is 0 Å². The Morgan fingerprint density at radius 2 is 1.08 bits per heavy atom. The molecule has 11 heteroatoms. The Morgan fingerprint density at radius 3 is 1.55 bits per heavy atom. The van der Waals surface area contributed by atoms with E-state index >= 15 is 0 Å². The number of phosphoric acid groups is 1. The van der Waals surface area contributed by atoms with E-state index in [9.17, 15) is 29.3 Å². The van der Waals surface area contributed by atoms with Crippen molar-refractivity contribution in [1.29, 1.82) is 0 Å². The van der Waals surface area contributed by atoms with Gasteiger partial charge in [-0.25, -0.2) is 4.57 Å². The SMILES string of the molecule is CCCCC/C=C\CCCCCCCC(=O)OC(CO)COP(=O)(O)OCC(CO)OC(=O)CCCCC. The minimum Gasteiger partial charge on any atom is -0.457 e. The highest BCUT2D eigenvalue weighted by Crippen LogP contribution is 2.43. The van der Waals surface area contributed by atoms with E-state index in [2.05, 4.69) is 19.1 Å². The van der Waals surface area contributed by atoms with E-state index in [1.165, 1.54) is 19.3 Å². The van der Waals surface area contributed by atoms with Crippen molar-refractivity contribution in [2.24, 2.45) is 0 Å². The van der Waals surface area contributed by atoms with Gasteiger partial charge >= 0.3 is 19.8 Å². The quantitative estimate of drug-likeness (QED) is 0.0539. The first-order valence-electron chi connectivity index (χ1n) is 14.1. The monoisotopic (exact) mass is 566 g/mol. The summed E-state index contributed by atoms with van der Waals surface area (Å²) in [5.74, 6) is -1.06.